The molecule has 4 N–H and O–H groups in total. The van der Waals surface area contributed by atoms with Gasteiger partial charge in [0.05, 0.1) is 19.8 Å². The first-order valence-electron chi connectivity index (χ1n) is 21.3. The molecule has 0 fully saturated rings. The van der Waals surface area contributed by atoms with Crippen molar-refractivity contribution in [3.8, 4) is 0 Å². The molecule has 0 amide bonds. The minimum Gasteiger partial charge on any atom is -0.462 e. The van der Waals surface area contributed by atoms with Crippen molar-refractivity contribution in [3.05, 3.63) is 48.6 Å². The number of allylic oxidation sites excluding steroid dienone is 8. The molecule has 16 heteroatoms. The van der Waals surface area contributed by atoms with Crippen molar-refractivity contribution in [1.29, 1.82) is 0 Å². The number of carbonyl (C=O) groups is 3. The van der Waals surface area contributed by atoms with Gasteiger partial charge in [-0.25, -0.2) is 9.13 Å². The highest BCUT2D eigenvalue weighted by molar-refractivity contribution is 7.47. The highest BCUT2D eigenvalue weighted by Gasteiger charge is 2.28. The first kappa shape index (κ1) is 55.8. The summed E-state index contributed by atoms with van der Waals surface area (Å²) in [5.74, 6) is -1.06. The molecule has 336 valence electrons. The van der Waals surface area contributed by atoms with E-state index in [0.29, 0.717) is 19.3 Å². The fraction of sp³-hybridized carbons (Fsp3) is 0.738. The van der Waals surface area contributed by atoms with E-state index in [9.17, 15) is 33.5 Å². The Morgan fingerprint density at radius 1 is 0.534 bits per heavy atom. The zero-order chi connectivity index (χ0) is 43.2. The number of ether oxygens (including phenoxy) is 2. The minimum atomic E-state index is -4.88. The predicted octanol–water partition coefficient (Wildman–Crippen LogP) is 9.85. The number of aliphatic hydroxyl groups is 1. The number of hydrogen-bond donors (Lipinski definition) is 4. The summed E-state index contributed by atoms with van der Waals surface area (Å²) in [6, 6.07) is 0. The number of hydrogen-bond acceptors (Lipinski definition) is 11. The van der Waals surface area contributed by atoms with E-state index in [1.807, 2.05) is 6.08 Å². The second-order valence-electron chi connectivity index (χ2n) is 14.3. The lowest BCUT2D eigenvalue weighted by atomic mass is 10.1. The first-order valence-corrected chi connectivity index (χ1v) is 24.3. The molecule has 0 aromatic rings. The van der Waals surface area contributed by atoms with Crippen molar-refractivity contribution in [2.45, 2.75) is 174 Å². The average Bonchev–Trinajstić information content (AvgIpc) is 3.17. The van der Waals surface area contributed by atoms with Crippen molar-refractivity contribution >= 4 is 33.4 Å². The van der Waals surface area contributed by atoms with E-state index in [1.54, 1.807) is 12.2 Å². The Balaban J connectivity index is 4.65. The molecule has 0 aliphatic heterocycles. The van der Waals surface area contributed by atoms with Crippen LogP contribution in [-0.4, -0.2) is 76.1 Å². The zero-order valence-electron chi connectivity index (χ0n) is 35.1. The molecule has 0 saturated carbocycles. The van der Waals surface area contributed by atoms with Gasteiger partial charge in [-0.3, -0.25) is 28.0 Å². The molecule has 0 bridgehead atoms. The Morgan fingerprint density at radius 2 is 0.983 bits per heavy atom. The molecule has 0 rings (SSSR count). The third kappa shape index (κ3) is 40.5. The predicted molar refractivity (Wildman–Crippen MR) is 226 cm³/mol. The Kier molecular flexibility index (Phi) is 36.3. The monoisotopic (exact) mass is 864 g/mol. The standard InChI is InChI=1S/C42H74O14P2/c1-3-5-7-9-11-12-13-14-15-16-17-18-20-24-29-33-42(46)56-40(37-55-58(50,51)54-35-39(44)34-53-57(47,48)49)36-52-41(45)32-28-25-21-23-27-31-38(43)30-26-22-19-10-8-6-4-2/h12-15,19,22,26,30,39-40,44H,3-11,16-18,20-21,23-25,27-29,31-37H2,1-2H3,(H,50,51)(H2,47,48,49)/b13-12-,15-14-,22-19-,30-26+/t39-,40+/m0/s1. The summed E-state index contributed by atoms with van der Waals surface area (Å²) in [6.45, 7) is 1.53. The van der Waals surface area contributed by atoms with E-state index in [2.05, 4.69) is 53.3 Å². The van der Waals surface area contributed by atoms with Gasteiger partial charge in [-0.1, -0.05) is 127 Å². The van der Waals surface area contributed by atoms with Crippen LogP contribution in [0.15, 0.2) is 48.6 Å². The first-order chi connectivity index (χ1) is 27.8. The maximum absolute atomic E-state index is 12.6. The van der Waals surface area contributed by atoms with Gasteiger partial charge >= 0.3 is 27.6 Å². The zero-order valence-corrected chi connectivity index (χ0v) is 36.9. The SMILES string of the molecule is CCCCC/C=C\C=C\C(=O)CCCCCCCC(=O)OC[C@H](COP(=O)(O)OC[C@@H](O)COP(=O)(O)O)OC(=O)CCCCCCC/C=C\C=C/CCCCCC. The molecular formula is C42H74O14P2. The Hall–Kier alpha value is -2.25. The molecule has 58 heavy (non-hydrogen) atoms. The second kappa shape index (κ2) is 37.7. The molecular weight excluding hydrogens is 790 g/mol. The van der Waals surface area contributed by atoms with Crippen LogP contribution in [-0.2, 0) is 46.6 Å². The van der Waals surface area contributed by atoms with Crippen LogP contribution in [0.3, 0.4) is 0 Å². The van der Waals surface area contributed by atoms with E-state index in [1.165, 1.54) is 38.5 Å². The van der Waals surface area contributed by atoms with Crippen LogP contribution in [0.2, 0.25) is 0 Å². The normalized spacial score (nSPS) is 14.4. The number of carbonyl (C=O) groups excluding carboxylic acids is 3. The van der Waals surface area contributed by atoms with Gasteiger partial charge in [0.25, 0.3) is 0 Å². The molecule has 0 radical (unpaired) electrons. The molecule has 14 nitrogen and oxygen atoms in total. The largest absolute Gasteiger partial charge is 0.472 e. The summed E-state index contributed by atoms with van der Waals surface area (Å²) in [5, 5.41) is 9.73. The van der Waals surface area contributed by atoms with Crippen LogP contribution in [0, 0.1) is 0 Å². The lowest BCUT2D eigenvalue weighted by Gasteiger charge is -2.20. The average molecular weight is 865 g/mol. The van der Waals surface area contributed by atoms with Gasteiger partial charge in [-0.15, -0.1) is 0 Å². The number of unbranched alkanes of at least 4 members (excludes halogenated alkanes) is 16. The highest BCUT2D eigenvalue weighted by Crippen LogP contribution is 2.43. The number of phosphoric ester groups is 2. The van der Waals surface area contributed by atoms with Crippen LogP contribution < -0.4 is 0 Å². The minimum absolute atomic E-state index is 0.0846. The van der Waals surface area contributed by atoms with Crippen LogP contribution >= 0.6 is 15.6 Å². The van der Waals surface area contributed by atoms with E-state index in [-0.39, 0.29) is 18.6 Å². The molecule has 0 saturated heterocycles. The number of rotatable bonds is 40. The highest BCUT2D eigenvalue weighted by atomic mass is 31.2. The van der Waals surface area contributed by atoms with Gasteiger partial charge in [0.15, 0.2) is 11.9 Å². The molecule has 0 heterocycles. The fourth-order valence-electron chi connectivity index (χ4n) is 5.38. The Labute approximate surface area is 347 Å². The maximum Gasteiger partial charge on any atom is 0.472 e. The summed E-state index contributed by atoms with van der Waals surface area (Å²) in [7, 11) is -9.71. The Morgan fingerprint density at radius 3 is 1.57 bits per heavy atom. The number of phosphoric acid groups is 2. The van der Waals surface area contributed by atoms with E-state index in [0.717, 1.165) is 77.0 Å². The molecule has 0 aliphatic carbocycles. The fourth-order valence-corrected chi connectivity index (χ4v) is 6.53. The molecule has 3 atom stereocenters. The van der Waals surface area contributed by atoms with Gasteiger partial charge < -0.3 is 29.3 Å². The topological polar surface area (TPSA) is 212 Å². The molecule has 0 aliphatic rings. The van der Waals surface area contributed by atoms with Crippen LogP contribution in [0.4, 0.5) is 0 Å². The molecule has 0 aromatic heterocycles. The summed E-state index contributed by atoms with van der Waals surface area (Å²) in [6.07, 6.45) is 33.5. The van der Waals surface area contributed by atoms with Crippen LogP contribution in [0.5, 0.6) is 0 Å². The lowest BCUT2D eigenvalue weighted by molar-refractivity contribution is -0.161. The van der Waals surface area contributed by atoms with E-state index >= 15 is 0 Å². The number of esters is 2. The summed E-state index contributed by atoms with van der Waals surface area (Å²) >= 11 is 0. The number of ketones is 1. The van der Waals surface area contributed by atoms with Gasteiger partial charge in [0, 0.05) is 19.3 Å². The smallest absolute Gasteiger partial charge is 0.462 e. The van der Waals surface area contributed by atoms with Crippen molar-refractivity contribution < 1.29 is 66.3 Å². The quantitative estimate of drug-likeness (QED) is 0.0148. The van der Waals surface area contributed by atoms with Crippen molar-refractivity contribution in [2.24, 2.45) is 0 Å². The summed E-state index contributed by atoms with van der Waals surface area (Å²) in [5.41, 5.74) is 0. The van der Waals surface area contributed by atoms with E-state index < -0.39 is 66.2 Å². The molecule has 0 spiro atoms. The Bertz CT molecular complexity index is 1280. The molecule has 1 unspecified atom stereocenters. The van der Waals surface area contributed by atoms with E-state index in [4.69, 9.17) is 23.8 Å². The van der Waals surface area contributed by atoms with Crippen molar-refractivity contribution in [2.75, 3.05) is 26.4 Å². The number of aliphatic hydroxyl groups excluding tert-OH is 1. The second-order valence-corrected chi connectivity index (χ2v) is 17.0. The lowest BCUT2D eigenvalue weighted by Crippen LogP contribution is -2.30. The maximum atomic E-state index is 12.6. The van der Waals surface area contributed by atoms with Gasteiger partial charge in [-0.05, 0) is 63.9 Å². The van der Waals surface area contributed by atoms with Gasteiger partial charge in [0.2, 0.25) is 0 Å². The molecule has 0 aromatic carbocycles. The third-order valence-corrected chi connectivity index (χ3v) is 10.1. The van der Waals surface area contributed by atoms with Crippen LogP contribution in [0.1, 0.15) is 162 Å². The summed E-state index contributed by atoms with van der Waals surface area (Å²) in [4.78, 5) is 64.6. The van der Waals surface area contributed by atoms with Gasteiger partial charge in [0.1, 0.15) is 12.7 Å². The van der Waals surface area contributed by atoms with Crippen molar-refractivity contribution in [1.82, 2.24) is 0 Å². The third-order valence-electron chi connectivity index (χ3n) is 8.68. The van der Waals surface area contributed by atoms with Crippen LogP contribution in [0.25, 0.3) is 0 Å². The summed E-state index contributed by atoms with van der Waals surface area (Å²) < 4.78 is 47.6. The van der Waals surface area contributed by atoms with Crippen molar-refractivity contribution in [3.63, 3.8) is 0 Å². The van der Waals surface area contributed by atoms with Gasteiger partial charge in [-0.2, -0.15) is 0 Å².